The standard InChI is InChI=1S/C13H19N3O4S/c1-13(2)12(18)15(3)6-7-16(13)21(19,20)9-4-5-11(17)10(14)8-9/h4-5,8,17H,6-7,14H2,1-3H3. The molecule has 0 unspecified atom stereocenters. The number of amides is 1. The molecule has 0 bridgehead atoms. The van der Waals surface area contributed by atoms with Gasteiger partial charge in [0, 0.05) is 20.1 Å². The maximum Gasteiger partial charge on any atom is 0.244 e. The summed E-state index contributed by atoms with van der Waals surface area (Å²) in [6, 6.07) is 3.70. The van der Waals surface area contributed by atoms with Crippen LogP contribution in [0.4, 0.5) is 5.69 Å². The number of phenolic OH excluding ortho intramolecular Hbond substituents is 1. The molecule has 1 amide bonds. The zero-order valence-electron chi connectivity index (χ0n) is 12.2. The summed E-state index contributed by atoms with van der Waals surface area (Å²) in [4.78, 5) is 13.7. The highest BCUT2D eigenvalue weighted by molar-refractivity contribution is 7.89. The van der Waals surface area contributed by atoms with Crippen molar-refractivity contribution in [2.24, 2.45) is 0 Å². The van der Waals surface area contributed by atoms with Crippen LogP contribution in [0.3, 0.4) is 0 Å². The number of piperazine rings is 1. The van der Waals surface area contributed by atoms with Gasteiger partial charge in [-0.3, -0.25) is 4.79 Å². The van der Waals surface area contributed by atoms with E-state index in [0.717, 1.165) is 0 Å². The number of sulfonamides is 1. The second-order valence-electron chi connectivity index (χ2n) is 5.58. The Balaban J connectivity index is 2.48. The summed E-state index contributed by atoms with van der Waals surface area (Å²) < 4.78 is 26.6. The summed E-state index contributed by atoms with van der Waals surface area (Å²) in [6.45, 7) is 3.69. The topological polar surface area (TPSA) is 104 Å². The Morgan fingerprint density at radius 3 is 2.48 bits per heavy atom. The highest BCUT2D eigenvalue weighted by Crippen LogP contribution is 2.31. The van der Waals surface area contributed by atoms with E-state index in [4.69, 9.17) is 5.73 Å². The highest BCUT2D eigenvalue weighted by Gasteiger charge is 2.46. The van der Waals surface area contributed by atoms with E-state index in [-0.39, 0.29) is 28.8 Å². The third-order valence-corrected chi connectivity index (χ3v) is 5.79. The van der Waals surface area contributed by atoms with E-state index < -0.39 is 15.6 Å². The summed E-state index contributed by atoms with van der Waals surface area (Å²) in [6.07, 6.45) is 0. The van der Waals surface area contributed by atoms with E-state index >= 15 is 0 Å². The van der Waals surface area contributed by atoms with Gasteiger partial charge in [0.05, 0.1) is 10.6 Å². The number of benzene rings is 1. The number of anilines is 1. The number of hydrogen-bond donors (Lipinski definition) is 2. The van der Waals surface area contributed by atoms with Gasteiger partial charge in [0.2, 0.25) is 15.9 Å². The van der Waals surface area contributed by atoms with Crippen LogP contribution in [0.15, 0.2) is 23.1 Å². The normalized spacial score (nSPS) is 19.8. The molecular weight excluding hydrogens is 294 g/mol. The fourth-order valence-corrected chi connectivity index (χ4v) is 4.21. The molecule has 0 radical (unpaired) electrons. The first-order valence-corrected chi connectivity index (χ1v) is 7.89. The summed E-state index contributed by atoms with van der Waals surface area (Å²) in [5, 5.41) is 9.41. The smallest absolute Gasteiger partial charge is 0.244 e. The third kappa shape index (κ3) is 2.44. The first-order chi connectivity index (χ1) is 9.58. The van der Waals surface area contributed by atoms with Gasteiger partial charge >= 0.3 is 0 Å². The number of rotatable bonds is 2. The Labute approximate surface area is 124 Å². The molecule has 0 spiro atoms. The van der Waals surface area contributed by atoms with Gasteiger partial charge in [0.25, 0.3) is 0 Å². The molecule has 2 rings (SSSR count). The number of aromatic hydroxyl groups is 1. The van der Waals surface area contributed by atoms with Crippen molar-refractivity contribution in [3.8, 4) is 5.75 Å². The van der Waals surface area contributed by atoms with Crippen LogP contribution in [-0.2, 0) is 14.8 Å². The van der Waals surface area contributed by atoms with Gasteiger partial charge in [-0.2, -0.15) is 4.31 Å². The predicted molar refractivity (Wildman–Crippen MR) is 78.1 cm³/mol. The lowest BCUT2D eigenvalue weighted by Crippen LogP contribution is -2.63. The van der Waals surface area contributed by atoms with E-state index in [9.17, 15) is 18.3 Å². The van der Waals surface area contributed by atoms with Gasteiger partial charge < -0.3 is 15.7 Å². The molecule has 1 heterocycles. The quantitative estimate of drug-likeness (QED) is 0.600. The molecule has 0 atom stereocenters. The second kappa shape index (κ2) is 4.88. The SMILES string of the molecule is CN1CCN(S(=O)(=O)c2ccc(O)c(N)c2)C(C)(C)C1=O. The number of nitrogens with two attached hydrogens (primary N) is 1. The van der Waals surface area contributed by atoms with Crippen LogP contribution in [-0.4, -0.2) is 54.3 Å². The molecule has 1 fully saturated rings. The fraction of sp³-hybridized carbons (Fsp3) is 0.462. The monoisotopic (exact) mass is 313 g/mol. The van der Waals surface area contributed by atoms with E-state index in [1.807, 2.05) is 0 Å². The Morgan fingerprint density at radius 1 is 1.29 bits per heavy atom. The molecule has 0 aromatic heterocycles. The lowest BCUT2D eigenvalue weighted by atomic mass is 10.0. The van der Waals surface area contributed by atoms with Gasteiger partial charge in [0.1, 0.15) is 11.3 Å². The maximum atomic E-state index is 12.7. The first kappa shape index (κ1) is 15.6. The molecular formula is C13H19N3O4S. The number of phenols is 1. The number of nitrogen functional groups attached to an aromatic ring is 1. The minimum atomic E-state index is -3.87. The molecule has 1 aromatic carbocycles. The molecule has 1 saturated heterocycles. The first-order valence-electron chi connectivity index (χ1n) is 6.45. The molecule has 116 valence electrons. The van der Waals surface area contributed by atoms with Crippen molar-refractivity contribution in [3.63, 3.8) is 0 Å². The van der Waals surface area contributed by atoms with E-state index in [1.54, 1.807) is 20.9 Å². The largest absolute Gasteiger partial charge is 0.506 e. The van der Waals surface area contributed by atoms with Crippen molar-refractivity contribution in [1.29, 1.82) is 0 Å². The molecule has 1 aliphatic rings. The van der Waals surface area contributed by atoms with Crippen molar-refractivity contribution < 1.29 is 18.3 Å². The van der Waals surface area contributed by atoms with Gasteiger partial charge in [-0.25, -0.2) is 8.42 Å². The van der Waals surface area contributed by atoms with Crippen molar-refractivity contribution in [2.75, 3.05) is 25.9 Å². The van der Waals surface area contributed by atoms with Gasteiger partial charge in [0.15, 0.2) is 0 Å². The summed E-state index contributed by atoms with van der Waals surface area (Å²) in [7, 11) is -2.23. The van der Waals surface area contributed by atoms with Crippen molar-refractivity contribution >= 4 is 21.6 Å². The van der Waals surface area contributed by atoms with Gasteiger partial charge in [-0.15, -0.1) is 0 Å². The van der Waals surface area contributed by atoms with Crippen LogP contribution in [0.5, 0.6) is 5.75 Å². The van der Waals surface area contributed by atoms with Crippen LogP contribution in [0.1, 0.15) is 13.8 Å². The zero-order chi connectivity index (χ0) is 16.0. The molecule has 3 N–H and O–H groups in total. The predicted octanol–water partition coefficient (Wildman–Crippen LogP) is 0.216. The third-order valence-electron chi connectivity index (χ3n) is 3.72. The Morgan fingerprint density at radius 2 is 1.90 bits per heavy atom. The molecule has 1 aliphatic heterocycles. The lowest BCUT2D eigenvalue weighted by Gasteiger charge is -2.43. The Hall–Kier alpha value is -1.80. The zero-order valence-corrected chi connectivity index (χ0v) is 13.0. The number of carbonyl (C=O) groups excluding carboxylic acids is 1. The summed E-state index contributed by atoms with van der Waals surface area (Å²) in [5.74, 6) is -0.438. The number of hydrogen-bond acceptors (Lipinski definition) is 5. The highest BCUT2D eigenvalue weighted by atomic mass is 32.2. The molecule has 0 aliphatic carbocycles. The molecule has 7 nitrogen and oxygen atoms in total. The van der Waals surface area contributed by atoms with E-state index in [1.165, 1.54) is 27.4 Å². The average Bonchev–Trinajstić information content (AvgIpc) is 2.38. The van der Waals surface area contributed by atoms with Crippen LogP contribution < -0.4 is 5.73 Å². The Kier molecular flexibility index (Phi) is 3.63. The van der Waals surface area contributed by atoms with E-state index in [0.29, 0.717) is 6.54 Å². The maximum absolute atomic E-state index is 12.7. The van der Waals surface area contributed by atoms with Crippen molar-refractivity contribution in [2.45, 2.75) is 24.3 Å². The number of carbonyl (C=O) groups is 1. The van der Waals surface area contributed by atoms with Crippen LogP contribution in [0.25, 0.3) is 0 Å². The van der Waals surface area contributed by atoms with Crippen LogP contribution >= 0.6 is 0 Å². The van der Waals surface area contributed by atoms with Crippen LogP contribution in [0.2, 0.25) is 0 Å². The average molecular weight is 313 g/mol. The minimum absolute atomic E-state index is 0.0191. The summed E-state index contributed by atoms with van der Waals surface area (Å²) >= 11 is 0. The van der Waals surface area contributed by atoms with Gasteiger partial charge in [-0.05, 0) is 32.0 Å². The molecule has 8 heteroatoms. The van der Waals surface area contributed by atoms with Gasteiger partial charge in [-0.1, -0.05) is 0 Å². The molecule has 0 saturated carbocycles. The minimum Gasteiger partial charge on any atom is -0.506 e. The Bertz CT molecular complexity index is 685. The molecule has 21 heavy (non-hydrogen) atoms. The molecule has 1 aromatic rings. The van der Waals surface area contributed by atoms with E-state index in [2.05, 4.69) is 0 Å². The fourth-order valence-electron chi connectivity index (χ4n) is 2.44. The lowest BCUT2D eigenvalue weighted by molar-refractivity contribution is -0.142. The van der Waals surface area contributed by atoms with Crippen molar-refractivity contribution in [1.82, 2.24) is 9.21 Å². The second-order valence-corrected chi connectivity index (χ2v) is 7.45. The number of nitrogens with zero attached hydrogens (tertiary/aromatic N) is 2. The summed E-state index contributed by atoms with van der Waals surface area (Å²) in [5.41, 5.74) is 4.37. The van der Waals surface area contributed by atoms with Crippen LogP contribution in [0, 0.1) is 0 Å². The number of likely N-dealkylation sites (N-methyl/N-ethyl adjacent to an activating group) is 1. The van der Waals surface area contributed by atoms with Crippen molar-refractivity contribution in [3.05, 3.63) is 18.2 Å².